The van der Waals surface area contributed by atoms with E-state index in [0.717, 1.165) is 0 Å². The monoisotopic (exact) mass is 168 g/mol. The van der Waals surface area contributed by atoms with Crippen molar-refractivity contribution in [3.8, 4) is 0 Å². The summed E-state index contributed by atoms with van der Waals surface area (Å²) in [4.78, 5) is 10.7. The molecule has 0 fully saturated rings. The van der Waals surface area contributed by atoms with Gasteiger partial charge in [-0.05, 0) is 13.8 Å². The van der Waals surface area contributed by atoms with Crippen LogP contribution < -0.4 is 0 Å². The van der Waals surface area contributed by atoms with Crippen molar-refractivity contribution >= 4 is 5.97 Å². The molecule has 0 radical (unpaired) electrons. The Morgan fingerprint density at radius 2 is 2.50 bits per heavy atom. The van der Waals surface area contributed by atoms with Crippen LogP contribution in [0.5, 0.6) is 0 Å². The molecule has 0 aromatic heterocycles. The van der Waals surface area contributed by atoms with Crippen molar-refractivity contribution in [3.63, 3.8) is 0 Å². The van der Waals surface area contributed by atoms with Crippen LogP contribution in [0.4, 0.5) is 0 Å². The summed E-state index contributed by atoms with van der Waals surface area (Å²) < 4.78 is 10.2. The summed E-state index contributed by atoms with van der Waals surface area (Å²) in [6.07, 6.45) is 2.68. The third kappa shape index (κ3) is 1.87. The van der Waals surface area contributed by atoms with Gasteiger partial charge in [-0.2, -0.15) is 0 Å². The van der Waals surface area contributed by atoms with Crippen molar-refractivity contribution in [2.24, 2.45) is 0 Å². The normalized spacial score (nSPS) is 24.3. The molecular weight excluding hydrogens is 156 g/mol. The standard InChI is InChI=1S/C9H12O3/c1-4-6(2)11-8-5-9(10)12-7(8)3/h4-7H,1H2,2-3H3/t6?,7-/m0/s1. The van der Waals surface area contributed by atoms with Crippen molar-refractivity contribution in [3.05, 3.63) is 24.5 Å². The maximum absolute atomic E-state index is 10.7. The van der Waals surface area contributed by atoms with Gasteiger partial charge in [-0.15, -0.1) is 0 Å². The summed E-state index contributed by atoms with van der Waals surface area (Å²) in [7, 11) is 0. The van der Waals surface area contributed by atoms with Gasteiger partial charge in [0.15, 0.2) is 6.10 Å². The highest BCUT2D eigenvalue weighted by molar-refractivity contribution is 5.85. The summed E-state index contributed by atoms with van der Waals surface area (Å²) in [5.41, 5.74) is 0. The average molecular weight is 168 g/mol. The highest BCUT2D eigenvalue weighted by Gasteiger charge is 2.23. The molecule has 0 aromatic carbocycles. The van der Waals surface area contributed by atoms with Gasteiger partial charge in [0, 0.05) is 0 Å². The molecule has 0 aromatic rings. The number of hydrogen-bond acceptors (Lipinski definition) is 3. The molecule has 1 unspecified atom stereocenters. The molecule has 3 nitrogen and oxygen atoms in total. The quantitative estimate of drug-likeness (QED) is 0.472. The lowest BCUT2D eigenvalue weighted by Gasteiger charge is -2.13. The Hall–Kier alpha value is -1.25. The summed E-state index contributed by atoms with van der Waals surface area (Å²) in [6.45, 7) is 7.19. The Bertz CT molecular complexity index is 230. The van der Waals surface area contributed by atoms with E-state index in [1.807, 2.05) is 6.92 Å². The van der Waals surface area contributed by atoms with Crippen molar-refractivity contribution in [1.82, 2.24) is 0 Å². The van der Waals surface area contributed by atoms with Gasteiger partial charge >= 0.3 is 5.97 Å². The van der Waals surface area contributed by atoms with E-state index in [0.29, 0.717) is 5.76 Å². The SMILES string of the molecule is C=CC(C)OC1=CC(=O)O[C@H]1C. The lowest BCUT2D eigenvalue weighted by atomic mass is 10.3. The largest absolute Gasteiger partial charge is 0.487 e. The van der Waals surface area contributed by atoms with Crippen LogP contribution in [0.3, 0.4) is 0 Å². The van der Waals surface area contributed by atoms with E-state index in [9.17, 15) is 4.79 Å². The molecule has 0 spiro atoms. The second kappa shape index (κ2) is 3.43. The van der Waals surface area contributed by atoms with Gasteiger partial charge in [0.1, 0.15) is 11.9 Å². The minimum atomic E-state index is -0.339. The Labute approximate surface area is 71.7 Å². The highest BCUT2D eigenvalue weighted by atomic mass is 16.6. The summed E-state index contributed by atoms with van der Waals surface area (Å²) in [5, 5.41) is 0. The van der Waals surface area contributed by atoms with Gasteiger partial charge in [0.25, 0.3) is 0 Å². The first-order valence-electron chi connectivity index (χ1n) is 3.85. The molecule has 0 N–H and O–H groups in total. The van der Waals surface area contributed by atoms with Gasteiger partial charge in [0.05, 0.1) is 6.08 Å². The predicted molar refractivity (Wildman–Crippen MR) is 44.4 cm³/mol. The first-order chi connectivity index (χ1) is 5.63. The first-order valence-corrected chi connectivity index (χ1v) is 3.85. The van der Waals surface area contributed by atoms with Crippen LogP contribution in [0, 0.1) is 0 Å². The van der Waals surface area contributed by atoms with Crippen molar-refractivity contribution in [2.75, 3.05) is 0 Å². The molecule has 0 saturated heterocycles. The van der Waals surface area contributed by atoms with E-state index in [1.54, 1.807) is 13.0 Å². The van der Waals surface area contributed by atoms with Crippen LogP contribution in [0.1, 0.15) is 13.8 Å². The second-order valence-corrected chi connectivity index (χ2v) is 2.68. The van der Waals surface area contributed by atoms with Gasteiger partial charge < -0.3 is 9.47 Å². The number of carbonyl (C=O) groups is 1. The molecule has 2 atom stereocenters. The second-order valence-electron chi connectivity index (χ2n) is 2.68. The number of cyclic esters (lactones) is 1. The summed E-state index contributed by atoms with van der Waals surface area (Å²) >= 11 is 0. The van der Waals surface area contributed by atoms with Crippen molar-refractivity contribution in [2.45, 2.75) is 26.1 Å². The maximum Gasteiger partial charge on any atom is 0.335 e. The molecule has 0 aliphatic carbocycles. The van der Waals surface area contributed by atoms with Crippen molar-refractivity contribution < 1.29 is 14.3 Å². The minimum Gasteiger partial charge on any atom is -0.487 e. The predicted octanol–water partition coefficient (Wildman–Crippen LogP) is 1.41. The number of carbonyl (C=O) groups excluding carboxylic acids is 1. The highest BCUT2D eigenvalue weighted by Crippen LogP contribution is 2.17. The van der Waals surface area contributed by atoms with Crippen LogP contribution in [0.25, 0.3) is 0 Å². The summed E-state index contributed by atoms with van der Waals surface area (Å²) in [5.74, 6) is 0.237. The first kappa shape index (κ1) is 8.84. The number of rotatable bonds is 3. The van der Waals surface area contributed by atoms with Gasteiger partial charge in [0.2, 0.25) is 0 Å². The maximum atomic E-state index is 10.7. The topological polar surface area (TPSA) is 35.5 Å². The van der Waals surface area contributed by atoms with E-state index >= 15 is 0 Å². The third-order valence-corrected chi connectivity index (χ3v) is 1.61. The molecule has 1 heterocycles. The molecule has 0 amide bonds. The lowest BCUT2D eigenvalue weighted by molar-refractivity contribution is -0.138. The zero-order valence-electron chi connectivity index (χ0n) is 7.24. The molecule has 0 bridgehead atoms. The zero-order chi connectivity index (χ0) is 9.14. The molecule has 12 heavy (non-hydrogen) atoms. The summed E-state index contributed by atoms with van der Waals surface area (Å²) in [6, 6.07) is 0. The van der Waals surface area contributed by atoms with Gasteiger partial charge in [-0.1, -0.05) is 12.7 Å². The fourth-order valence-corrected chi connectivity index (χ4v) is 0.892. The fraction of sp³-hybridized carbons (Fsp3) is 0.444. The number of hydrogen-bond donors (Lipinski definition) is 0. The van der Waals surface area contributed by atoms with E-state index in [4.69, 9.17) is 9.47 Å². The molecule has 66 valence electrons. The van der Waals surface area contributed by atoms with E-state index in [1.165, 1.54) is 6.08 Å². The number of esters is 1. The average Bonchev–Trinajstić information content (AvgIpc) is 2.30. The number of ether oxygens (including phenoxy) is 2. The van der Waals surface area contributed by atoms with E-state index in [2.05, 4.69) is 6.58 Å². The smallest absolute Gasteiger partial charge is 0.335 e. The van der Waals surface area contributed by atoms with Gasteiger partial charge in [-0.25, -0.2) is 4.79 Å². The zero-order valence-corrected chi connectivity index (χ0v) is 7.24. The Morgan fingerprint density at radius 3 is 2.92 bits per heavy atom. The van der Waals surface area contributed by atoms with E-state index < -0.39 is 0 Å². The van der Waals surface area contributed by atoms with Gasteiger partial charge in [-0.3, -0.25) is 0 Å². The fourth-order valence-electron chi connectivity index (χ4n) is 0.892. The Balaban J connectivity index is 2.57. The molecule has 1 aliphatic rings. The van der Waals surface area contributed by atoms with E-state index in [-0.39, 0.29) is 18.2 Å². The molecule has 1 rings (SSSR count). The molecular formula is C9H12O3. The van der Waals surface area contributed by atoms with Crippen LogP contribution in [-0.2, 0) is 14.3 Å². The molecule has 3 heteroatoms. The molecule has 1 aliphatic heterocycles. The molecule has 0 saturated carbocycles. The van der Waals surface area contributed by atoms with Crippen LogP contribution >= 0.6 is 0 Å². The van der Waals surface area contributed by atoms with Crippen LogP contribution in [0.2, 0.25) is 0 Å². The lowest BCUT2D eigenvalue weighted by Crippen LogP contribution is -2.12. The third-order valence-electron chi connectivity index (χ3n) is 1.61. The van der Waals surface area contributed by atoms with Crippen molar-refractivity contribution in [1.29, 1.82) is 0 Å². The van der Waals surface area contributed by atoms with Crippen LogP contribution in [0.15, 0.2) is 24.5 Å². The Morgan fingerprint density at radius 1 is 1.83 bits per heavy atom. The van der Waals surface area contributed by atoms with Crippen LogP contribution in [-0.4, -0.2) is 18.2 Å². The Kier molecular flexibility index (Phi) is 2.53. The minimum absolute atomic E-state index is 0.0896.